The lowest BCUT2D eigenvalue weighted by Crippen LogP contribution is -2.08. The number of aromatic carboxylic acids is 1. The van der Waals surface area contributed by atoms with Crippen LogP contribution in [0.4, 0.5) is 13.2 Å². The summed E-state index contributed by atoms with van der Waals surface area (Å²) >= 11 is 0. The van der Waals surface area contributed by atoms with Crippen LogP contribution in [0.25, 0.3) is 0 Å². The predicted octanol–water partition coefficient (Wildman–Crippen LogP) is 3.88. The lowest BCUT2D eigenvalue weighted by atomic mass is 10.2. The monoisotopic (exact) mass is 300 g/mol. The molecule has 7 heteroatoms. The molecule has 0 aliphatic rings. The van der Waals surface area contributed by atoms with Gasteiger partial charge in [-0.15, -0.1) is 0 Å². The molecule has 0 aliphatic carbocycles. The minimum Gasteiger partial charge on any atom is -0.485 e. The van der Waals surface area contributed by atoms with Crippen molar-refractivity contribution >= 4 is 5.97 Å². The van der Waals surface area contributed by atoms with Gasteiger partial charge in [-0.1, -0.05) is 12.1 Å². The molecule has 0 bridgehead atoms. The number of carbonyl (C=O) groups is 1. The van der Waals surface area contributed by atoms with E-state index in [4.69, 9.17) is 14.3 Å². The number of halogens is 3. The van der Waals surface area contributed by atoms with Crippen LogP contribution < -0.4 is 4.74 Å². The second-order valence-electron chi connectivity index (χ2n) is 4.27. The maximum atomic E-state index is 12.8. The van der Waals surface area contributed by atoms with Gasteiger partial charge in [0.15, 0.2) is 0 Å². The Balaban J connectivity index is 2.18. The topological polar surface area (TPSA) is 59.7 Å². The van der Waals surface area contributed by atoms with Crippen LogP contribution in [0.15, 0.2) is 34.7 Å². The lowest BCUT2D eigenvalue weighted by Gasteiger charge is -2.12. The van der Waals surface area contributed by atoms with Crippen molar-refractivity contribution in [2.24, 2.45) is 0 Å². The van der Waals surface area contributed by atoms with Crippen molar-refractivity contribution in [1.82, 2.24) is 0 Å². The number of rotatable bonds is 4. The molecule has 1 N–H and O–H groups in total. The number of carboxylic acid groups (broad SMARTS) is 1. The first-order valence-electron chi connectivity index (χ1n) is 5.90. The van der Waals surface area contributed by atoms with E-state index in [1.807, 2.05) is 0 Å². The molecule has 21 heavy (non-hydrogen) atoms. The second-order valence-corrected chi connectivity index (χ2v) is 4.27. The minimum atomic E-state index is -4.53. The Labute approximate surface area is 117 Å². The third-order valence-corrected chi connectivity index (χ3v) is 2.76. The van der Waals surface area contributed by atoms with Gasteiger partial charge < -0.3 is 14.3 Å². The fourth-order valence-electron chi connectivity index (χ4n) is 1.80. The number of carboxylic acids is 1. The van der Waals surface area contributed by atoms with E-state index in [2.05, 4.69) is 0 Å². The van der Waals surface area contributed by atoms with Crippen LogP contribution in [0, 0.1) is 6.92 Å². The van der Waals surface area contributed by atoms with Gasteiger partial charge in [0, 0.05) is 0 Å². The van der Waals surface area contributed by atoms with E-state index >= 15 is 0 Å². The lowest BCUT2D eigenvalue weighted by molar-refractivity contribution is -0.139. The summed E-state index contributed by atoms with van der Waals surface area (Å²) in [5.74, 6) is -1.19. The Morgan fingerprint density at radius 3 is 2.57 bits per heavy atom. The number of ether oxygens (including phenoxy) is 1. The molecule has 0 radical (unpaired) electrons. The molecular weight excluding hydrogens is 289 g/mol. The summed E-state index contributed by atoms with van der Waals surface area (Å²) in [6, 6.07) is 6.01. The molecule has 0 amide bonds. The van der Waals surface area contributed by atoms with Crippen molar-refractivity contribution in [2.75, 3.05) is 0 Å². The average Bonchev–Trinajstić information content (AvgIpc) is 2.77. The first-order chi connectivity index (χ1) is 9.79. The molecule has 0 spiro atoms. The van der Waals surface area contributed by atoms with E-state index in [1.54, 1.807) is 0 Å². The van der Waals surface area contributed by atoms with Crippen LogP contribution in [0.3, 0.4) is 0 Å². The molecule has 2 aromatic rings. The molecule has 1 heterocycles. The van der Waals surface area contributed by atoms with Gasteiger partial charge >= 0.3 is 12.1 Å². The average molecular weight is 300 g/mol. The summed E-state index contributed by atoms with van der Waals surface area (Å²) < 4.78 is 48.5. The van der Waals surface area contributed by atoms with Gasteiger partial charge in [-0.05, 0) is 25.1 Å². The molecule has 0 aliphatic heterocycles. The van der Waals surface area contributed by atoms with E-state index in [9.17, 15) is 18.0 Å². The zero-order valence-corrected chi connectivity index (χ0v) is 10.9. The molecule has 2 rings (SSSR count). The highest BCUT2D eigenvalue weighted by Gasteiger charge is 2.34. The van der Waals surface area contributed by atoms with Crippen molar-refractivity contribution in [1.29, 1.82) is 0 Å². The first-order valence-corrected chi connectivity index (χ1v) is 5.90. The van der Waals surface area contributed by atoms with Gasteiger partial charge in [0.2, 0.25) is 0 Å². The van der Waals surface area contributed by atoms with E-state index < -0.39 is 17.7 Å². The van der Waals surface area contributed by atoms with Crippen LogP contribution in [0.2, 0.25) is 0 Å². The molecule has 1 aromatic carbocycles. The molecule has 0 saturated heterocycles. The van der Waals surface area contributed by atoms with Crippen LogP contribution in [0.1, 0.15) is 27.4 Å². The number of benzene rings is 1. The third kappa shape index (κ3) is 3.36. The highest BCUT2D eigenvalue weighted by molar-refractivity contribution is 5.88. The van der Waals surface area contributed by atoms with Crippen molar-refractivity contribution in [3.8, 4) is 5.75 Å². The number of hydrogen-bond donors (Lipinski definition) is 1. The zero-order valence-electron chi connectivity index (χ0n) is 10.9. The molecule has 112 valence electrons. The quantitative estimate of drug-likeness (QED) is 0.930. The van der Waals surface area contributed by atoms with Gasteiger partial charge in [-0.25, -0.2) is 4.79 Å². The van der Waals surface area contributed by atoms with Gasteiger partial charge in [0.25, 0.3) is 0 Å². The van der Waals surface area contributed by atoms with Crippen LogP contribution in [0.5, 0.6) is 5.75 Å². The summed E-state index contributed by atoms with van der Waals surface area (Å²) in [4.78, 5) is 10.8. The Morgan fingerprint density at radius 2 is 2.00 bits per heavy atom. The van der Waals surface area contributed by atoms with Crippen LogP contribution >= 0.6 is 0 Å². The number of furan rings is 1. The Hall–Kier alpha value is -2.44. The van der Waals surface area contributed by atoms with Crippen LogP contribution in [-0.4, -0.2) is 11.1 Å². The Bertz CT molecular complexity index is 658. The van der Waals surface area contributed by atoms with Crippen molar-refractivity contribution < 1.29 is 32.2 Å². The summed E-state index contributed by atoms with van der Waals surface area (Å²) in [7, 11) is 0. The number of aryl methyl sites for hydroxylation is 1. The predicted molar refractivity (Wildman–Crippen MR) is 66.2 cm³/mol. The molecule has 0 atom stereocenters. The number of alkyl halides is 3. The molecular formula is C14H11F3O4. The summed E-state index contributed by atoms with van der Waals surface area (Å²) in [5, 5.41) is 8.87. The first kappa shape index (κ1) is 15.0. The summed E-state index contributed by atoms with van der Waals surface area (Å²) in [6.07, 6.45) is -4.53. The van der Waals surface area contributed by atoms with E-state index in [-0.39, 0.29) is 29.4 Å². The van der Waals surface area contributed by atoms with E-state index in [1.165, 1.54) is 31.2 Å². The molecule has 4 nitrogen and oxygen atoms in total. The number of hydrogen-bond acceptors (Lipinski definition) is 3. The highest BCUT2D eigenvalue weighted by atomic mass is 19.4. The highest BCUT2D eigenvalue weighted by Crippen LogP contribution is 2.36. The molecule has 1 aromatic heterocycles. The van der Waals surface area contributed by atoms with E-state index in [0.717, 1.165) is 6.07 Å². The summed E-state index contributed by atoms with van der Waals surface area (Å²) in [5.41, 5.74) is -0.940. The van der Waals surface area contributed by atoms with E-state index in [0.29, 0.717) is 0 Å². The zero-order chi connectivity index (χ0) is 15.6. The maximum Gasteiger partial charge on any atom is 0.419 e. The normalized spacial score (nSPS) is 11.4. The summed E-state index contributed by atoms with van der Waals surface area (Å²) in [6.45, 7) is 1.16. The van der Waals surface area contributed by atoms with Gasteiger partial charge in [0.1, 0.15) is 29.4 Å². The maximum absolute atomic E-state index is 12.8. The van der Waals surface area contributed by atoms with Gasteiger partial charge in [0.05, 0.1) is 5.56 Å². The fourth-order valence-corrected chi connectivity index (χ4v) is 1.80. The second kappa shape index (κ2) is 5.51. The molecule has 0 fully saturated rings. The molecule has 0 saturated carbocycles. The van der Waals surface area contributed by atoms with Crippen molar-refractivity contribution in [2.45, 2.75) is 19.7 Å². The third-order valence-electron chi connectivity index (χ3n) is 2.76. The fraction of sp³-hybridized carbons (Fsp3) is 0.214. The van der Waals surface area contributed by atoms with Crippen molar-refractivity contribution in [3.05, 3.63) is 53.0 Å². The molecule has 0 unspecified atom stereocenters. The van der Waals surface area contributed by atoms with Crippen LogP contribution in [-0.2, 0) is 12.8 Å². The SMILES string of the molecule is Cc1oc(COc2ccccc2C(F)(F)F)cc1C(=O)O. The van der Waals surface area contributed by atoms with Gasteiger partial charge in [-0.3, -0.25) is 0 Å². The smallest absolute Gasteiger partial charge is 0.419 e. The standard InChI is InChI=1S/C14H11F3O4/c1-8-10(13(18)19)6-9(21-8)7-20-12-5-3-2-4-11(12)14(15,16)17/h2-6H,7H2,1H3,(H,18,19). The minimum absolute atomic E-state index is 0.0438. The Kier molecular flexibility index (Phi) is 3.93. The van der Waals surface area contributed by atoms with Crippen molar-refractivity contribution in [3.63, 3.8) is 0 Å². The Morgan fingerprint density at radius 1 is 1.33 bits per heavy atom. The number of para-hydroxylation sites is 1. The van der Waals surface area contributed by atoms with Gasteiger partial charge in [-0.2, -0.15) is 13.2 Å². The largest absolute Gasteiger partial charge is 0.485 e.